The van der Waals surface area contributed by atoms with Gasteiger partial charge in [-0.1, -0.05) is 35.5 Å². The van der Waals surface area contributed by atoms with Crippen LogP contribution in [0, 0.1) is 0 Å². The molecule has 160 valence electrons. The van der Waals surface area contributed by atoms with Gasteiger partial charge in [-0.2, -0.15) is 4.98 Å². The van der Waals surface area contributed by atoms with Crippen molar-refractivity contribution in [2.45, 2.75) is 31.8 Å². The average Bonchev–Trinajstić information content (AvgIpc) is 3.44. The summed E-state index contributed by atoms with van der Waals surface area (Å²) in [6, 6.07) is 16.6. The van der Waals surface area contributed by atoms with Crippen LogP contribution in [-0.2, 0) is 11.3 Å². The molecule has 2 amide bonds. The molecule has 0 saturated carbocycles. The smallest absolute Gasteiger partial charge is 0.251 e. The van der Waals surface area contributed by atoms with E-state index in [1.165, 1.54) is 0 Å². The first-order valence-electron chi connectivity index (χ1n) is 10.1. The normalized spacial score (nSPS) is 16.9. The maximum Gasteiger partial charge on any atom is 0.251 e. The molecule has 0 spiro atoms. The number of benzene rings is 2. The molecule has 4 rings (SSSR count). The van der Waals surface area contributed by atoms with Crippen LogP contribution in [0.5, 0.6) is 5.75 Å². The lowest BCUT2D eigenvalue weighted by Gasteiger charge is -2.25. The highest BCUT2D eigenvalue weighted by Crippen LogP contribution is 2.33. The molecule has 2 atom stereocenters. The van der Waals surface area contributed by atoms with Crippen LogP contribution in [-0.4, -0.2) is 40.5 Å². The van der Waals surface area contributed by atoms with Crippen molar-refractivity contribution in [2.24, 2.45) is 0 Å². The lowest BCUT2D eigenvalue weighted by molar-refractivity contribution is -0.129. The zero-order valence-electron chi connectivity index (χ0n) is 17.4. The van der Waals surface area contributed by atoms with Gasteiger partial charge in [0.15, 0.2) is 5.82 Å². The second-order valence-electron chi connectivity index (χ2n) is 7.49. The number of hydrogen-bond donors (Lipinski definition) is 1. The van der Waals surface area contributed by atoms with E-state index < -0.39 is 0 Å². The molecule has 1 aromatic heterocycles. The van der Waals surface area contributed by atoms with E-state index in [-0.39, 0.29) is 30.3 Å². The number of ether oxygens (including phenoxy) is 1. The fourth-order valence-electron chi connectivity index (χ4n) is 3.69. The molecule has 1 aliphatic rings. The molecule has 2 heterocycles. The minimum Gasteiger partial charge on any atom is -0.497 e. The van der Waals surface area contributed by atoms with Gasteiger partial charge in [0.25, 0.3) is 5.91 Å². The van der Waals surface area contributed by atoms with E-state index >= 15 is 0 Å². The Balaban J connectivity index is 1.37. The largest absolute Gasteiger partial charge is 0.497 e. The van der Waals surface area contributed by atoms with Crippen molar-refractivity contribution < 1.29 is 18.8 Å². The lowest BCUT2D eigenvalue weighted by Crippen LogP contribution is -2.28. The summed E-state index contributed by atoms with van der Waals surface area (Å²) in [5.41, 5.74) is 1.60. The van der Waals surface area contributed by atoms with Gasteiger partial charge in [-0.3, -0.25) is 9.59 Å². The van der Waals surface area contributed by atoms with Gasteiger partial charge in [0.05, 0.1) is 19.7 Å². The maximum absolute atomic E-state index is 12.6. The first-order chi connectivity index (χ1) is 15.0. The molecule has 1 N–H and O–H groups in total. The van der Waals surface area contributed by atoms with Crippen LogP contribution in [0.4, 0.5) is 0 Å². The van der Waals surface area contributed by atoms with Crippen LogP contribution in [0.25, 0.3) is 0 Å². The summed E-state index contributed by atoms with van der Waals surface area (Å²) in [6.07, 6.45) is 0.329. The number of hydrogen-bond acceptors (Lipinski definition) is 6. The van der Waals surface area contributed by atoms with Crippen LogP contribution in [0.15, 0.2) is 59.1 Å². The zero-order valence-corrected chi connectivity index (χ0v) is 17.4. The summed E-state index contributed by atoms with van der Waals surface area (Å²) in [4.78, 5) is 31.0. The number of carbonyl (C=O) groups is 2. The third kappa shape index (κ3) is 4.58. The number of nitrogens with zero attached hydrogens (tertiary/aromatic N) is 3. The van der Waals surface area contributed by atoms with Crippen LogP contribution in [0.1, 0.15) is 52.9 Å². The zero-order chi connectivity index (χ0) is 21.8. The molecule has 1 saturated heterocycles. The summed E-state index contributed by atoms with van der Waals surface area (Å²) in [5.74, 6) is 1.28. The van der Waals surface area contributed by atoms with E-state index in [0.29, 0.717) is 30.2 Å². The van der Waals surface area contributed by atoms with E-state index in [2.05, 4.69) is 15.5 Å². The number of carbonyl (C=O) groups excluding carboxylic acids is 2. The van der Waals surface area contributed by atoms with Crippen LogP contribution >= 0.6 is 0 Å². The molecular weight excluding hydrogens is 396 g/mol. The van der Waals surface area contributed by atoms with E-state index in [1.54, 1.807) is 31.4 Å². The highest BCUT2D eigenvalue weighted by atomic mass is 16.5. The number of methoxy groups -OCH3 is 1. The van der Waals surface area contributed by atoms with Crippen molar-refractivity contribution in [2.75, 3.05) is 13.7 Å². The van der Waals surface area contributed by atoms with Gasteiger partial charge in [0.2, 0.25) is 11.8 Å². The minimum absolute atomic E-state index is 0.0528. The Morgan fingerprint density at radius 3 is 2.68 bits per heavy atom. The van der Waals surface area contributed by atoms with Crippen molar-refractivity contribution in [1.29, 1.82) is 0 Å². The average molecular weight is 420 g/mol. The Bertz CT molecular complexity index is 1050. The first-order valence-corrected chi connectivity index (χ1v) is 10.1. The fraction of sp³-hybridized carbons (Fsp3) is 0.304. The Morgan fingerprint density at radius 2 is 1.97 bits per heavy atom. The number of aromatic nitrogens is 2. The number of rotatable bonds is 7. The molecule has 0 bridgehead atoms. The van der Waals surface area contributed by atoms with Crippen molar-refractivity contribution in [1.82, 2.24) is 20.4 Å². The first kappa shape index (κ1) is 20.6. The molecule has 2 unspecified atom stereocenters. The second kappa shape index (κ2) is 8.99. The van der Waals surface area contributed by atoms with Crippen LogP contribution in [0.3, 0.4) is 0 Å². The third-order valence-corrected chi connectivity index (χ3v) is 5.51. The Kier molecular flexibility index (Phi) is 5.97. The minimum atomic E-state index is -0.212. The van der Waals surface area contributed by atoms with Gasteiger partial charge in [0.1, 0.15) is 5.75 Å². The molecule has 3 aromatic rings. The molecule has 8 heteroatoms. The van der Waals surface area contributed by atoms with E-state index in [1.807, 2.05) is 42.2 Å². The Morgan fingerprint density at radius 1 is 1.23 bits per heavy atom. The predicted octanol–water partition coefficient (Wildman–Crippen LogP) is 3.09. The standard InChI is InChI=1S/C23H24N4O4/c1-15(16-8-10-19(30-2)11-9-16)27-14-18(12-21(27)28)22-25-20(31-26-22)13-24-23(29)17-6-4-3-5-7-17/h3-11,15,18H,12-14H2,1-2H3,(H,24,29). The van der Waals surface area contributed by atoms with Gasteiger partial charge < -0.3 is 19.5 Å². The molecule has 31 heavy (non-hydrogen) atoms. The number of likely N-dealkylation sites (tertiary alicyclic amines) is 1. The van der Waals surface area contributed by atoms with Gasteiger partial charge in [-0.25, -0.2) is 0 Å². The molecule has 1 fully saturated rings. The molecule has 0 radical (unpaired) electrons. The molecule has 2 aromatic carbocycles. The van der Waals surface area contributed by atoms with E-state index in [9.17, 15) is 9.59 Å². The van der Waals surface area contributed by atoms with E-state index in [0.717, 1.165) is 11.3 Å². The van der Waals surface area contributed by atoms with Crippen molar-refractivity contribution in [3.05, 3.63) is 77.4 Å². The number of amides is 2. The quantitative estimate of drug-likeness (QED) is 0.631. The third-order valence-electron chi connectivity index (χ3n) is 5.51. The lowest BCUT2D eigenvalue weighted by atomic mass is 10.1. The summed E-state index contributed by atoms with van der Waals surface area (Å²) in [5, 5.41) is 6.80. The van der Waals surface area contributed by atoms with Gasteiger partial charge in [0, 0.05) is 24.4 Å². The predicted molar refractivity (Wildman–Crippen MR) is 112 cm³/mol. The molecule has 0 aliphatic carbocycles. The maximum atomic E-state index is 12.6. The summed E-state index contributed by atoms with van der Waals surface area (Å²) >= 11 is 0. The molecule has 8 nitrogen and oxygen atoms in total. The van der Waals surface area contributed by atoms with E-state index in [4.69, 9.17) is 9.26 Å². The summed E-state index contributed by atoms with van der Waals surface area (Å²) < 4.78 is 10.5. The molecule has 1 aliphatic heterocycles. The Labute approximate surface area is 180 Å². The summed E-state index contributed by atoms with van der Waals surface area (Å²) in [7, 11) is 1.62. The topological polar surface area (TPSA) is 97.6 Å². The summed E-state index contributed by atoms with van der Waals surface area (Å²) in [6.45, 7) is 2.65. The second-order valence-corrected chi connectivity index (χ2v) is 7.49. The monoisotopic (exact) mass is 420 g/mol. The van der Waals surface area contributed by atoms with Crippen LogP contribution in [0.2, 0.25) is 0 Å². The Hall–Kier alpha value is -3.68. The number of nitrogens with one attached hydrogen (secondary N) is 1. The van der Waals surface area contributed by atoms with Crippen LogP contribution < -0.4 is 10.1 Å². The molecular formula is C23H24N4O4. The van der Waals surface area contributed by atoms with Gasteiger partial charge in [-0.05, 0) is 36.8 Å². The van der Waals surface area contributed by atoms with Gasteiger partial charge in [-0.15, -0.1) is 0 Å². The van der Waals surface area contributed by atoms with Gasteiger partial charge >= 0.3 is 0 Å². The SMILES string of the molecule is COc1ccc(C(C)N2CC(c3noc(CNC(=O)c4ccccc4)n3)CC2=O)cc1. The fourth-order valence-corrected chi connectivity index (χ4v) is 3.69. The van der Waals surface area contributed by atoms with Crippen molar-refractivity contribution in [3.63, 3.8) is 0 Å². The highest BCUT2D eigenvalue weighted by Gasteiger charge is 2.36. The van der Waals surface area contributed by atoms with Crippen molar-refractivity contribution >= 4 is 11.8 Å². The highest BCUT2D eigenvalue weighted by molar-refractivity contribution is 5.93. The van der Waals surface area contributed by atoms with Crippen molar-refractivity contribution in [3.8, 4) is 5.75 Å².